The van der Waals surface area contributed by atoms with Crippen molar-refractivity contribution in [3.05, 3.63) is 27.7 Å². The predicted molar refractivity (Wildman–Crippen MR) is 149 cm³/mol. The normalized spacial score (nSPS) is 18.9. The fourth-order valence-corrected chi connectivity index (χ4v) is 9.23. The van der Waals surface area contributed by atoms with Crippen molar-refractivity contribution in [3.63, 3.8) is 0 Å². The summed E-state index contributed by atoms with van der Waals surface area (Å²) in [5, 5.41) is 3.63. The van der Waals surface area contributed by atoms with Gasteiger partial charge in [-0.1, -0.05) is 76.0 Å². The molecule has 1 N–H and O–H groups in total. The maximum atomic E-state index is 6.49. The first-order valence-electron chi connectivity index (χ1n) is 12.7. The molecule has 188 valence electrons. The number of nitrogens with zero attached hydrogens (tertiary/aromatic N) is 2. The fraction of sp³-hybridized carbons (Fsp3) is 0.615. The van der Waals surface area contributed by atoms with Crippen LogP contribution in [0.4, 0.5) is 0 Å². The van der Waals surface area contributed by atoms with Crippen molar-refractivity contribution in [2.45, 2.75) is 85.1 Å². The Morgan fingerprint density at radius 2 is 1.50 bits per heavy atom. The molecule has 2 aromatic rings. The number of halogens is 2. The Morgan fingerprint density at radius 3 is 2.06 bits per heavy atom. The molecule has 2 atom stereocenters. The molecule has 0 fully saturated rings. The molecule has 8 heteroatoms. The molecule has 0 amide bonds. The van der Waals surface area contributed by atoms with E-state index in [1.165, 1.54) is 29.0 Å². The first-order chi connectivity index (χ1) is 16.2. The minimum absolute atomic E-state index is 0.121. The third-order valence-electron chi connectivity index (χ3n) is 7.21. The molecule has 2 heterocycles. The number of H-pyrrole nitrogens is 1. The van der Waals surface area contributed by atoms with E-state index in [9.17, 15) is 0 Å². The third-order valence-corrected chi connectivity index (χ3v) is 13.5. The number of aromatic nitrogens is 1. The second kappa shape index (κ2) is 11.5. The van der Waals surface area contributed by atoms with E-state index in [1.54, 1.807) is 0 Å². The van der Waals surface area contributed by atoms with Crippen molar-refractivity contribution in [3.8, 4) is 0 Å². The standard InChI is InChI=1S/C26H39Cl2N3O2Si/c1-8-32-24-22(29-25(33-9-2)23(31-24)16(6)7)14-18-17-13-19(27)20(28)15-21(17)30-26(18)34(10-3,11-4)12-5/h13,15-16,22-23,30H,8-12,14H2,1-7H3/t22-,23+/m0/s1. The average Bonchev–Trinajstić information content (AvgIpc) is 3.15. The van der Waals surface area contributed by atoms with E-state index in [1.807, 2.05) is 26.0 Å². The van der Waals surface area contributed by atoms with Crippen LogP contribution in [0.1, 0.15) is 54.0 Å². The van der Waals surface area contributed by atoms with Gasteiger partial charge >= 0.3 is 0 Å². The van der Waals surface area contributed by atoms with E-state index < -0.39 is 8.07 Å². The van der Waals surface area contributed by atoms with E-state index in [-0.39, 0.29) is 18.0 Å². The van der Waals surface area contributed by atoms with E-state index in [0.717, 1.165) is 10.9 Å². The largest absolute Gasteiger partial charge is 0.480 e. The lowest BCUT2D eigenvalue weighted by Gasteiger charge is -2.31. The number of rotatable bonds is 9. The number of benzene rings is 1. The van der Waals surface area contributed by atoms with Gasteiger partial charge in [0, 0.05) is 22.6 Å². The predicted octanol–water partition coefficient (Wildman–Crippen LogP) is 7.01. The van der Waals surface area contributed by atoms with Gasteiger partial charge in [-0.05, 0) is 37.5 Å². The van der Waals surface area contributed by atoms with Crippen LogP contribution in [0.25, 0.3) is 10.9 Å². The Bertz CT molecular complexity index is 1050. The number of ether oxygens (including phenoxy) is 2. The van der Waals surface area contributed by atoms with Crippen LogP contribution in [0, 0.1) is 5.92 Å². The summed E-state index contributed by atoms with van der Waals surface area (Å²) in [7, 11) is -1.75. The summed E-state index contributed by atoms with van der Waals surface area (Å²) < 4.78 is 12.0. The minimum Gasteiger partial charge on any atom is -0.480 e. The van der Waals surface area contributed by atoms with Crippen LogP contribution < -0.4 is 5.32 Å². The average molecular weight is 525 g/mol. The summed E-state index contributed by atoms with van der Waals surface area (Å²) in [4.78, 5) is 13.9. The van der Waals surface area contributed by atoms with Crippen LogP contribution in [0.15, 0.2) is 22.1 Å². The number of aliphatic imine (C=N–C) groups is 2. The summed E-state index contributed by atoms with van der Waals surface area (Å²) in [6, 6.07) is 7.10. The van der Waals surface area contributed by atoms with Gasteiger partial charge in [0.1, 0.15) is 20.2 Å². The van der Waals surface area contributed by atoms with E-state index in [0.29, 0.717) is 41.5 Å². The topological polar surface area (TPSA) is 59.0 Å². The highest BCUT2D eigenvalue weighted by molar-refractivity contribution is 6.91. The number of nitrogens with one attached hydrogen (secondary N) is 1. The summed E-state index contributed by atoms with van der Waals surface area (Å²) >= 11 is 12.9. The van der Waals surface area contributed by atoms with Crippen molar-refractivity contribution in [1.82, 2.24) is 4.98 Å². The van der Waals surface area contributed by atoms with Crippen LogP contribution in [0.3, 0.4) is 0 Å². The molecule has 1 aromatic heterocycles. The van der Waals surface area contributed by atoms with Gasteiger partial charge in [0.05, 0.1) is 23.3 Å². The lowest BCUT2D eigenvalue weighted by atomic mass is 10.00. The van der Waals surface area contributed by atoms with Gasteiger partial charge < -0.3 is 14.5 Å². The molecular formula is C26H39Cl2N3O2Si. The molecule has 1 aliphatic heterocycles. The molecule has 0 radical (unpaired) electrons. The van der Waals surface area contributed by atoms with Crippen molar-refractivity contribution < 1.29 is 9.47 Å². The number of hydrogen-bond acceptors (Lipinski definition) is 4. The quantitative estimate of drug-likeness (QED) is 0.359. The maximum absolute atomic E-state index is 6.49. The van der Waals surface area contributed by atoms with Crippen LogP contribution >= 0.6 is 23.2 Å². The van der Waals surface area contributed by atoms with Crippen LogP contribution in [0.5, 0.6) is 0 Å². The molecule has 0 saturated carbocycles. The molecular weight excluding hydrogens is 485 g/mol. The van der Waals surface area contributed by atoms with E-state index in [4.69, 9.17) is 42.7 Å². The Hall–Kier alpha value is -1.50. The van der Waals surface area contributed by atoms with E-state index >= 15 is 0 Å². The number of aromatic amines is 1. The van der Waals surface area contributed by atoms with Crippen LogP contribution in [0.2, 0.25) is 28.2 Å². The first-order valence-corrected chi connectivity index (χ1v) is 16.0. The van der Waals surface area contributed by atoms with Crippen molar-refractivity contribution >= 4 is 59.3 Å². The molecule has 0 aliphatic carbocycles. The van der Waals surface area contributed by atoms with Crippen LogP contribution in [-0.2, 0) is 15.9 Å². The summed E-state index contributed by atoms with van der Waals surface area (Å²) in [6.45, 7) is 16.3. The lowest BCUT2D eigenvalue weighted by Crippen LogP contribution is -2.49. The molecule has 1 aliphatic rings. The fourth-order valence-electron chi connectivity index (χ4n) is 5.07. The Kier molecular flexibility index (Phi) is 9.15. The van der Waals surface area contributed by atoms with Gasteiger partial charge in [-0.2, -0.15) is 0 Å². The van der Waals surface area contributed by atoms with Gasteiger partial charge in [0.15, 0.2) is 0 Å². The second-order valence-electron chi connectivity index (χ2n) is 9.34. The lowest BCUT2D eigenvalue weighted by molar-refractivity contribution is 0.276. The molecule has 0 saturated heterocycles. The smallest absolute Gasteiger partial charge is 0.210 e. The van der Waals surface area contributed by atoms with Gasteiger partial charge in [-0.15, -0.1) is 0 Å². The van der Waals surface area contributed by atoms with Crippen molar-refractivity contribution in [1.29, 1.82) is 0 Å². The minimum atomic E-state index is -1.75. The second-order valence-corrected chi connectivity index (χ2v) is 15.3. The van der Waals surface area contributed by atoms with Gasteiger partial charge in [0.25, 0.3) is 0 Å². The zero-order valence-corrected chi connectivity index (χ0v) is 24.1. The van der Waals surface area contributed by atoms with Crippen molar-refractivity contribution in [2.75, 3.05) is 13.2 Å². The zero-order valence-electron chi connectivity index (χ0n) is 21.6. The summed E-state index contributed by atoms with van der Waals surface area (Å²) in [5.74, 6) is 1.67. The Balaban J connectivity index is 2.19. The van der Waals surface area contributed by atoms with Gasteiger partial charge in [-0.3, -0.25) is 0 Å². The zero-order chi connectivity index (χ0) is 25.0. The highest BCUT2D eigenvalue weighted by atomic mass is 35.5. The maximum Gasteiger partial charge on any atom is 0.210 e. The van der Waals surface area contributed by atoms with Gasteiger partial charge in [-0.25, -0.2) is 9.98 Å². The summed E-state index contributed by atoms with van der Waals surface area (Å²) in [6.07, 6.45) is 0.683. The Labute approximate surface area is 215 Å². The monoisotopic (exact) mass is 523 g/mol. The molecule has 0 spiro atoms. The van der Waals surface area contributed by atoms with Crippen molar-refractivity contribution in [2.24, 2.45) is 15.9 Å². The van der Waals surface area contributed by atoms with E-state index in [2.05, 4.69) is 39.6 Å². The van der Waals surface area contributed by atoms with Gasteiger partial charge in [0.2, 0.25) is 11.8 Å². The highest BCUT2D eigenvalue weighted by Crippen LogP contribution is 2.33. The molecule has 0 unspecified atom stereocenters. The number of fused-ring (bicyclic) bond motifs is 1. The third kappa shape index (κ3) is 5.19. The number of hydrogen-bond donors (Lipinski definition) is 1. The molecule has 3 rings (SSSR count). The first kappa shape index (κ1) is 27.1. The molecule has 5 nitrogen and oxygen atoms in total. The summed E-state index contributed by atoms with van der Waals surface area (Å²) in [5.41, 5.74) is 2.30. The molecule has 0 bridgehead atoms. The SMILES string of the molecule is CCOC1=N[C@H](C(C)C)C(OCC)=N[C@H]1Cc1c([Si](CC)(CC)CC)[nH]c2cc(Cl)c(Cl)cc12. The molecule has 1 aromatic carbocycles. The van der Waals surface area contributed by atoms with Crippen LogP contribution in [-0.4, -0.2) is 50.2 Å². The Morgan fingerprint density at radius 1 is 0.912 bits per heavy atom. The highest BCUT2D eigenvalue weighted by Gasteiger charge is 2.37. The molecule has 34 heavy (non-hydrogen) atoms.